The van der Waals surface area contributed by atoms with Gasteiger partial charge < -0.3 is 0 Å². The topological polar surface area (TPSA) is 0 Å². The Labute approximate surface area is 68.1 Å². The molecule has 0 heterocycles. The van der Waals surface area contributed by atoms with Gasteiger partial charge in [-0.1, -0.05) is 0 Å². The van der Waals surface area contributed by atoms with Crippen molar-refractivity contribution >= 4 is 13.5 Å². The number of hydrogen-bond donors (Lipinski definition) is 0. The molecule has 0 aromatic heterocycles. The van der Waals surface area contributed by atoms with Crippen molar-refractivity contribution in [3.8, 4) is 0 Å². The van der Waals surface area contributed by atoms with E-state index < -0.39 is 0 Å². The molecule has 0 fully saturated rings. The Morgan fingerprint density at radius 3 is 1.00 bits per heavy atom. The third-order valence-electron chi connectivity index (χ3n) is 0. The molecule has 0 spiro atoms. The standard InChI is InChI=1S/Co.Cr.Mo.H2S/h;;;1H2. The van der Waals surface area contributed by atoms with Gasteiger partial charge in [-0.3, -0.25) is 0 Å². The van der Waals surface area contributed by atoms with Crippen LogP contribution in [-0.4, -0.2) is 0 Å². The minimum absolute atomic E-state index is 0. The summed E-state index contributed by atoms with van der Waals surface area (Å²) in [6.45, 7) is 0. The summed E-state index contributed by atoms with van der Waals surface area (Å²) in [5.74, 6) is 0. The van der Waals surface area contributed by atoms with Crippen LogP contribution in [0.2, 0.25) is 0 Å². The molecule has 0 aliphatic heterocycles. The van der Waals surface area contributed by atoms with Crippen LogP contribution in [0.5, 0.6) is 0 Å². The van der Waals surface area contributed by atoms with Crippen molar-refractivity contribution in [3.63, 3.8) is 0 Å². The summed E-state index contributed by atoms with van der Waals surface area (Å²) in [5, 5.41) is 0. The van der Waals surface area contributed by atoms with E-state index in [1.165, 1.54) is 0 Å². The van der Waals surface area contributed by atoms with E-state index in [1.807, 2.05) is 0 Å². The van der Waals surface area contributed by atoms with Gasteiger partial charge in [-0.15, -0.1) is 0 Å². The minimum atomic E-state index is 0. The van der Waals surface area contributed by atoms with Gasteiger partial charge in [0.05, 0.1) is 0 Å². The van der Waals surface area contributed by atoms with Crippen LogP contribution in [0.1, 0.15) is 0 Å². The molecule has 0 saturated heterocycles. The first-order chi connectivity index (χ1) is 0. The second-order valence-electron chi connectivity index (χ2n) is 0. The van der Waals surface area contributed by atoms with Gasteiger partial charge in [-0.25, -0.2) is 0 Å². The predicted molar refractivity (Wildman–Crippen MR) is 10.4 cm³/mol. The molecule has 0 N–H and O–H groups in total. The van der Waals surface area contributed by atoms with Crippen molar-refractivity contribution in [2.75, 3.05) is 0 Å². The first-order valence-corrected chi connectivity index (χ1v) is 0. The fourth-order valence-corrected chi connectivity index (χ4v) is 0. The zero-order valence-electron chi connectivity index (χ0n) is 1.65. The average molecular weight is 241 g/mol. The van der Waals surface area contributed by atoms with E-state index >= 15 is 0 Å². The van der Waals surface area contributed by atoms with Crippen LogP contribution in [0.25, 0.3) is 0 Å². The normalized spacial score (nSPS) is 0. The first-order valence-electron chi connectivity index (χ1n) is 0. The molecular formula is H2CoCrMoS. The van der Waals surface area contributed by atoms with Crippen molar-refractivity contribution in [1.82, 2.24) is 0 Å². The molecule has 0 aliphatic rings. The summed E-state index contributed by atoms with van der Waals surface area (Å²) in [6, 6.07) is 0. The quantitative estimate of drug-likeness (QED) is 0.528. The maximum Gasteiger partial charge on any atom is 0 e. The molecule has 1 radical (unpaired) electrons. The van der Waals surface area contributed by atoms with Crippen LogP contribution in [0, 0.1) is 0 Å². The third-order valence-corrected chi connectivity index (χ3v) is 0. The SMILES string of the molecule is S.[Co].[Cr].[Mo]. The summed E-state index contributed by atoms with van der Waals surface area (Å²) in [4.78, 5) is 0. The zero-order chi connectivity index (χ0) is 0. The molecule has 0 rings (SSSR count). The molecule has 0 saturated carbocycles. The first kappa shape index (κ1) is 36.3. The summed E-state index contributed by atoms with van der Waals surface area (Å²) in [5.41, 5.74) is 0. The maximum atomic E-state index is 0. The van der Waals surface area contributed by atoms with Crippen molar-refractivity contribution < 1.29 is 55.2 Å². The molecule has 0 bridgehead atoms. The Balaban J connectivity index is 0. The Bertz CT molecular complexity index is 8.00. The van der Waals surface area contributed by atoms with Gasteiger partial charge in [0.1, 0.15) is 0 Å². The van der Waals surface area contributed by atoms with Crippen LogP contribution in [0.3, 0.4) is 0 Å². The molecule has 0 nitrogen and oxygen atoms in total. The summed E-state index contributed by atoms with van der Waals surface area (Å²) < 4.78 is 0. The van der Waals surface area contributed by atoms with E-state index in [1.54, 1.807) is 0 Å². The van der Waals surface area contributed by atoms with E-state index in [0.29, 0.717) is 0 Å². The molecule has 4 heavy (non-hydrogen) atoms. The molecule has 0 aromatic rings. The molecule has 0 amide bonds. The van der Waals surface area contributed by atoms with Crippen molar-refractivity contribution in [1.29, 1.82) is 0 Å². The van der Waals surface area contributed by atoms with Crippen LogP contribution >= 0.6 is 13.5 Å². The van der Waals surface area contributed by atoms with E-state index in [-0.39, 0.29) is 68.7 Å². The fourth-order valence-electron chi connectivity index (χ4n) is 0. The molecular weight excluding hydrogens is 239 g/mol. The van der Waals surface area contributed by atoms with E-state index in [4.69, 9.17) is 0 Å². The van der Waals surface area contributed by atoms with Gasteiger partial charge in [0.15, 0.2) is 0 Å². The fraction of sp³-hybridized carbons (Fsp3) is 0. The van der Waals surface area contributed by atoms with Crippen LogP contribution in [-0.2, 0) is 55.2 Å². The number of rotatable bonds is 0. The van der Waals surface area contributed by atoms with Crippen LogP contribution in [0.15, 0.2) is 0 Å². The van der Waals surface area contributed by atoms with Crippen molar-refractivity contribution in [2.45, 2.75) is 0 Å². The number of hydrogen-bond acceptors (Lipinski definition) is 0. The second kappa shape index (κ2) is 19.6. The Morgan fingerprint density at radius 1 is 1.00 bits per heavy atom. The molecule has 29 valence electrons. The molecule has 0 aromatic carbocycles. The summed E-state index contributed by atoms with van der Waals surface area (Å²) in [6.07, 6.45) is 0. The van der Waals surface area contributed by atoms with Gasteiger partial charge in [0.25, 0.3) is 0 Å². The predicted octanol–water partition coefficient (Wildman–Crippen LogP) is 0.105. The smallest absolute Gasteiger partial charge is 0 e. The largest absolute Gasteiger partial charge is 0.197 e. The van der Waals surface area contributed by atoms with Crippen molar-refractivity contribution in [3.05, 3.63) is 0 Å². The third kappa shape index (κ3) is 8.95. The van der Waals surface area contributed by atoms with Gasteiger partial charge >= 0.3 is 0 Å². The minimum Gasteiger partial charge on any atom is -0.197 e. The molecule has 4 heteroatoms. The maximum absolute atomic E-state index is 0. The average Bonchev–Trinajstić information content (AvgIpc) is 0. The monoisotopic (exact) mass is 243 g/mol. The molecule has 0 unspecified atom stereocenters. The van der Waals surface area contributed by atoms with E-state index in [0.717, 1.165) is 0 Å². The van der Waals surface area contributed by atoms with Crippen LogP contribution < -0.4 is 0 Å². The van der Waals surface area contributed by atoms with Crippen molar-refractivity contribution in [2.24, 2.45) is 0 Å². The van der Waals surface area contributed by atoms with E-state index in [2.05, 4.69) is 0 Å². The van der Waals surface area contributed by atoms with Crippen LogP contribution in [0.4, 0.5) is 0 Å². The van der Waals surface area contributed by atoms with Gasteiger partial charge in [-0.2, -0.15) is 13.5 Å². The summed E-state index contributed by atoms with van der Waals surface area (Å²) in [7, 11) is 0. The Kier molecular flexibility index (Phi) is 178. The van der Waals surface area contributed by atoms with Gasteiger partial charge in [0, 0.05) is 55.2 Å². The van der Waals surface area contributed by atoms with Gasteiger partial charge in [-0.05, 0) is 0 Å². The Morgan fingerprint density at radius 2 is 1.00 bits per heavy atom. The Hall–Kier alpha value is 2.08. The van der Waals surface area contributed by atoms with E-state index in [9.17, 15) is 0 Å². The molecule has 0 aliphatic carbocycles. The second-order valence-corrected chi connectivity index (χ2v) is 0. The summed E-state index contributed by atoms with van der Waals surface area (Å²) >= 11 is 0. The zero-order valence-corrected chi connectivity index (χ0v) is 6.97. The van der Waals surface area contributed by atoms with Gasteiger partial charge in [0.2, 0.25) is 0 Å². The molecule has 0 atom stereocenters.